The molecule has 1 atom stereocenters. The van der Waals surface area contributed by atoms with Crippen molar-refractivity contribution in [3.63, 3.8) is 0 Å². The third-order valence-corrected chi connectivity index (χ3v) is 5.18. The summed E-state index contributed by atoms with van der Waals surface area (Å²) in [5.41, 5.74) is 0. The van der Waals surface area contributed by atoms with E-state index in [-0.39, 0.29) is 30.3 Å². The average Bonchev–Trinajstić information content (AvgIpc) is 3.17. The second-order valence-electron chi connectivity index (χ2n) is 5.68. The molecule has 2 aliphatic heterocycles. The maximum absolute atomic E-state index is 12.4. The van der Waals surface area contributed by atoms with Gasteiger partial charge >= 0.3 is 0 Å². The molecule has 7 heteroatoms. The second kappa shape index (κ2) is 7.44. The summed E-state index contributed by atoms with van der Waals surface area (Å²) < 4.78 is 0. The third kappa shape index (κ3) is 3.62. The van der Waals surface area contributed by atoms with Crippen molar-refractivity contribution in [1.82, 2.24) is 15.1 Å². The van der Waals surface area contributed by atoms with Crippen LogP contribution in [-0.2, 0) is 4.79 Å². The van der Waals surface area contributed by atoms with Gasteiger partial charge in [0.2, 0.25) is 5.91 Å². The Labute approximate surface area is 141 Å². The van der Waals surface area contributed by atoms with Crippen molar-refractivity contribution in [2.24, 2.45) is 0 Å². The number of carbonyl (C=O) groups is 2. The topological polar surface area (TPSA) is 52.7 Å². The highest BCUT2D eigenvalue weighted by Gasteiger charge is 2.30. The van der Waals surface area contributed by atoms with Crippen molar-refractivity contribution >= 4 is 35.6 Å². The molecular weight excluding hydrogens is 322 g/mol. The van der Waals surface area contributed by atoms with Crippen LogP contribution < -0.4 is 5.32 Å². The van der Waals surface area contributed by atoms with Crippen LogP contribution in [0.25, 0.3) is 0 Å². The smallest absolute Gasteiger partial charge is 0.264 e. The molecule has 0 saturated carbocycles. The highest BCUT2D eigenvalue weighted by molar-refractivity contribution is 7.13. The molecule has 2 amide bonds. The van der Waals surface area contributed by atoms with Crippen LogP contribution in [0.4, 0.5) is 0 Å². The first-order valence-corrected chi connectivity index (χ1v) is 8.34. The Bertz CT molecular complexity index is 535. The van der Waals surface area contributed by atoms with Crippen LogP contribution in [0.5, 0.6) is 0 Å². The van der Waals surface area contributed by atoms with Crippen LogP contribution in [0.15, 0.2) is 12.1 Å². The van der Waals surface area contributed by atoms with Crippen LogP contribution >= 0.6 is 23.7 Å². The minimum Gasteiger partial charge on any atom is -0.338 e. The van der Waals surface area contributed by atoms with E-state index in [1.165, 1.54) is 11.3 Å². The summed E-state index contributed by atoms with van der Waals surface area (Å²) in [4.78, 5) is 30.4. The van der Waals surface area contributed by atoms with Crippen molar-refractivity contribution < 1.29 is 9.59 Å². The zero-order valence-corrected chi connectivity index (χ0v) is 14.3. The molecule has 1 N–H and O–H groups in total. The Kier molecular flexibility index (Phi) is 5.83. The summed E-state index contributed by atoms with van der Waals surface area (Å²) in [5, 5.41) is 3.25. The summed E-state index contributed by atoms with van der Waals surface area (Å²) in [6.45, 7) is 5.50. The molecule has 22 heavy (non-hydrogen) atoms. The molecule has 3 rings (SSSR count). The minimum atomic E-state index is -0.00722. The van der Waals surface area contributed by atoms with Crippen LogP contribution in [0.3, 0.4) is 0 Å². The van der Waals surface area contributed by atoms with Crippen LogP contribution in [-0.4, -0.2) is 60.4 Å². The average molecular weight is 344 g/mol. The Morgan fingerprint density at radius 3 is 2.41 bits per heavy atom. The molecular formula is C15H22ClN3O2S. The molecule has 2 aliphatic rings. The number of rotatable bonds is 2. The number of carbonyl (C=O) groups excluding carboxylic acids is 2. The normalized spacial score (nSPS) is 21.6. The third-order valence-electron chi connectivity index (χ3n) is 4.19. The Balaban J connectivity index is 0.00000176. The van der Waals surface area contributed by atoms with Crippen molar-refractivity contribution in [1.29, 1.82) is 0 Å². The van der Waals surface area contributed by atoms with Gasteiger partial charge in [-0.3, -0.25) is 9.59 Å². The van der Waals surface area contributed by atoms with E-state index in [4.69, 9.17) is 0 Å². The number of nitrogens with one attached hydrogen (secondary N) is 1. The SMILES string of the molecule is Cc1ccc(C(=O)N2CCN(C(=O)C3CCCN3)CC2)s1.Cl. The van der Waals surface area contributed by atoms with E-state index in [2.05, 4.69) is 5.32 Å². The predicted molar refractivity (Wildman–Crippen MR) is 89.8 cm³/mol. The molecule has 0 bridgehead atoms. The Hall–Kier alpha value is -1.11. The lowest BCUT2D eigenvalue weighted by molar-refractivity contribution is -0.134. The molecule has 1 unspecified atom stereocenters. The first-order chi connectivity index (χ1) is 10.1. The van der Waals surface area contributed by atoms with E-state index < -0.39 is 0 Å². The predicted octanol–water partition coefficient (Wildman–Crippen LogP) is 1.51. The lowest BCUT2D eigenvalue weighted by Crippen LogP contribution is -2.54. The summed E-state index contributed by atoms with van der Waals surface area (Å²) >= 11 is 1.54. The Morgan fingerprint density at radius 1 is 1.18 bits per heavy atom. The van der Waals surface area contributed by atoms with Gasteiger partial charge in [0.05, 0.1) is 10.9 Å². The van der Waals surface area contributed by atoms with E-state index in [0.29, 0.717) is 26.2 Å². The largest absolute Gasteiger partial charge is 0.338 e. The molecule has 2 fully saturated rings. The maximum atomic E-state index is 12.4. The van der Waals surface area contributed by atoms with E-state index in [0.717, 1.165) is 29.1 Å². The second-order valence-corrected chi connectivity index (χ2v) is 6.96. The lowest BCUT2D eigenvalue weighted by Gasteiger charge is -2.35. The highest BCUT2D eigenvalue weighted by atomic mass is 35.5. The summed E-state index contributed by atoms with van der Waals surface area (Å²) in [6, 6.07) is 3.86. The number of halogens is 1. The standard InChI is InChI=1S/C15H21N3O2S.ClH/c1-11-4-5-13(21-11)15(20)18-9-7-17(8-10-18)14(19)12-3-2-6-16-12;/h4-5,12,16H,2-3,6-10H2,1H3;1H. The monoisotopic (exact) mass is 343 g/mol. The van der Waals surface area contributed by atoms with Crippen molar-refractivity contribution in [3.8, 4) is 0 Å². The van der Waals surface area contributed by atoms with Crippen LogP contribution in [0, 0.1) is 6.92 Å². The van der Waals surface area contributed by atoms with Gasteiger partial charge in [-0.05, 0) is 38.4 Å². The highest BCUT2D eigenvalue weighted by Crippen LogP contribution is 2.18. The number of thiophene rings is 1. The van der Waals surface area contributed by atoms with Crippen LogP contribution in [0.2, 0.25) is 0 Å². The van der Waals surface area contributed by atoms with E-state index in [9.17, 15) is 9.59 Å². The first kappa shape index (κ1) is 17.2. The number of piperazine rings is 1. The van der Waals surface area contributed by atoms with Gasteiger partial charge in [-0.15, -0.1) is 23.7 Å². The van der Waals surface area contributed by atoms with Gasteiger partial charge in [-0.2, -0.15) is 0 Å². The number of amides is 2. The fourth-order valence-electron chi connectivity index (χ4n) is 2.95. The first-order valence-electron chi connectivity index (χ1n) is 7.53. The van der Waals surface area contributed by atoms with Gasteiger partial charge in [-0.25, -0.2) is 0 Å². The molecule has 1 aromatic heterocycles. The van der Waals surface area contributed by atoms with Gasteiger partial charge in [0.25, 0.3) is 5.91 Å². The molecule has 0 aromatic carbocycles. The minimum absolute atomic E-state index is 0. The quantitative estimate of drug-likeness (QED) is 0.885. The van der Waals surface area contributed by atoms with Crippen molar-refractivity contribution in [2.75, 3.05) is 32.7 Å². The molecule has 2 saturated heterocycles. The molecule has 3 heterocycles. The lowest BCUT2D eigenvalue weighted by atomic mass is 10.2. The zero-order chi connectivity index (χ0) is 14.8. The van der Waals surface area contributed by atoms with E-state index >= 15 is 0 Å². The number of aryl methyl sites for hydroxylation is 1. The number of nitrogens with zero attached hydrogens (tertiary/aromatic N) is 2. The Morgan fingerprint density at radius 2 is 1.86 bits per heavy atom. The zero-order valence-electron chi connectivity index (χ0n) is 12.7. The van der Waals surface area contributed by atoms with Gasteiger partial charge in [0.15, 0.2) is 0 Å². The van der Waals surface area contributed by atoms with Crippen LogP contribution in [0.1, 0.15) is 27.4 Å². The molecule has 122 valence electrons. The summed E-state index contributed by atoms with van der Waals surface area (Å²) in [7, 11) is 0. The van der Waals surface area contributed by atoms with E-state index in [1.807, 2.05) is 28.9 Å². The van der Waals surface area contributed by atoms with Crippen molar-refractivity contribution in [2.45, 2.75) is 25.8 Å². The van der Waals surface area contributed by atoms with Gasteiger partial charge in [-0.1, -0.05) is 0 Å². The number of hydrogen-bond acceptors (Lipinski definition) is 4. The fourth-order valence-corrected chi connectivity index (χ4v) is 3.79. The molecule has 0 aliphatic carbocycles. The fraction of sp³-hybridized carbons (Fsp3) is 0.600. The van der Waals surface area contributed by atoms with Crippen molar-refractivity contribution in [3.05, 3.63) is 21.9 Å². The molecule has 0 radical (unpaired) electrons. The van der Waals surface area contributed by atoms with Gasteiger partial charge < -0.3 is 15.1 Å². The van der Waals surface area contributed by atoms with Gasteiger partial charge in [0.1, 0.15) is 0 Å². The molecule has 5 nitrogen and oxygen atoms in total. The number of hydrogen-bond donors (Lipinski definition) is 1. The maximum Gasteiger partial charge on any atom is 0.264 e. The van der Waals surface area contributed by atoms with E-state index in [1.54, 1.807) is 0 Å². The summed E-state index contributed by atoms with van der Waals surface area (Å²) in [5.74, 6) is 0.297. The van der Waals surface area contributed by atoms with Gasteiger partial charge in [0, 0.05) is 31.1 Å². The summed E-state index contributed by atoms with van der Waals surface area (Å²) in [6.07, 6.45) is 2.01. The molecule has 0 spiro atoms. The molecule has 1 aromatic rings.